The quantitative estimate of drug-likeness (QED) is 0.373. The first-order chi connectivity index (χ1) is 15.3. The van der Waals surface area contributed by atoms with Crippen LogP contribution >= 0.6 is 0 Å². The van der Waals surface area contributed by atoms with E-state index in [0.717, 1.165) is 16.8 Å². The lowest BCUT2D eigenvalue weighted by atomic mass is 10.0. The second-order valence-electron chi connectivity index (χ2n) is 6.60. The fraction of sp³-hybridized carbons (Fsp3) is 0.0385. The van der Waals surface area contributed by atoms with E-state index >= 15 is 0 Å². The van der Waals surface area contributed by atoms with Crippen molar-refractivity contribution in [3.63, 3.8) is 0 Å². The maximum Gasteiger partial charge on any atom is 0.169 e. The van der Waals surface area contributed by atoms with Gasteiger partial charge in [-0.05, 0) is 12.1 Å². The van der Waals surface area contributed by atoms with E-state index < -0.39 is 0 Å². The van der Waals surface area contributed by atoms with Gasteiger partial charge in [0.25, 0.3) is 0 Å². The molecular weight excluding hydrogens is 386 g/mol. The second kappa shape index (κ2) is 9.38. The highest BCUT2D eigenvalue weighted by molar-refractivity contribution is 6.13. The lowest BCUT2D eigenvalue weighted by molar-refractivity contribution is 0.379. The van der Waals surface area contributed by atoms with E-state index in [1.54, 1.807) is 25.3 Å². The van der Waals surface area contributed by atoms with Crippen molar-refractivity contribution >= 4 is 11.5 Å². The second-order valence-corrected chi connectivity index (χ2v) is 6.60. The number of aromatic nitrogens is 1. The van der Waals surface area contributed by atoms with Gasteiger partial charge in [0.15, 0.2) is 17.3 Å². The van der Waals surface area contributed by atoms with Crippen LogP contribution in [-0.4, -0.2) is 17.8 Å². The zero-order valence-electron chi connectivity index (χ0n) is 16.9. The minimum Gasteiger partial charge on any atom is -0.493 e. The summed E-state index contributed by atoms with van der Waals surface area (Å²) in [4.78, 5) is 9.16. The molecule has 150 valence electrons. The average molecular weight is 405 g/mol. The number of ether oxygens (including phenoxy) is 2. The van der Waals surface area contributed by atoms with Gasteiger partial charge in [-0.25, -0.2) is 9.98 Å². The van der Waals surface area contributed by atoms with Crippen LogP contribution in [0, 0.1) is 11.3 Å². The topological polar surface area (TPSA) is 67.5 Å². The number of para-hydroxylation sites is 2. The van der Waals surface area contributed by atoms with Gasteiger partial charge in [-0.1, -0.05) is 72.8 Å². The van der Waals surface area contributed by atoms with Crippen molar-refractivity contribution in [1.29, 1.82) is 5.26 Å². The van der Waals surface area contributed by atoms with E-state index in [1.165, 1.54) is 0 Å². The zero-order valence-corrected chi connectivity index (χ0v) is 16.9. The van der Waals surface area contributed by atoms with Gasteiger partial charge in [0, 0.05) is 23.3 Å². The van der Waals surface area contributed by atoms with Crippen molar-refractivity contribution in [2.45, 2.75) is 0 Å². The molecule has 4 aromatic rings. The van der Waals surface area contributed by atoms with E-state index in [1.807, 2.05) is 78.9 Å². The standard InChI is InChI=1S/C26H19N3O2/c1-30-23-14-8-9-15-24(23)31-22-16-21(18-27)28-25(17-22)29-26(19-10-4-2-5-11-19)20-12-6-3-7-13-20/h2-17H,1H3. The van der Waals surface area contributed by atoms with Gasteiger partial charge < -0.3 is 9.47 Å². The SMILES string of the molecule is COc1ccccc1Oc1cc(C#N)nc(N=C(c2ccccc2)c2ccccc2)c1. The normalized spacial score (nSPS) is 10.1. The number of methoxy groups -OCH3 is 1. The molecule has 0 aliphatic heterocycles. The highest BCUT2D eigenvalue weighted by Gasteiger charge is 2.11. The molecular formula is C26H19N3O2. The average Bonchev–Trinajstić information content (AvgIpc) is 2.84. The summed E-state index contributed by atoms with van der Waals surface area (Å²) in [7, 11) is 1.58. The summed E-state index contributed by atoms with van der Waals surface area (Å²) in [6.07, 6.45) is 0. The number of benzene rings is 3. The zero-order chi connectivity index (χ0) is 21.5. The smallest absolute Gasteiger partial charge is 0.169 e. The van der Waals surface area contributed by atoms with Gasteiger partial charge in [0.05, 0.1) is 12.8 Å². The van der Waals surface area contributed by atoms with Crippen LogP contribution in [0.4, 0.5) is 5.82 Å². The first-order valence-electron chi connectivity index (χ1n) is 9.69. The number of nitriles is 1. The van der Waals surface area contributed by atoms with Crippen molar-refractivity contribution in [3.05, 3.63) is 114 Å². The van der Waals surface area contributed by atoms with Gasteiger partial charge in [0.1, 0.15) is 17.5 Å². The van der Waals surface area contributed by atoms with Crippen molar-refractivity contribution in [2.24, 2.45) is 4.99 Å². The molecule has 31 heavy (non-hydrogen) atoms. The summed E-state index contributed by atoms with van der Waals surface area (Å²) in [6, 6.07) is 32.4. The summed E-state index contributed by atoms with van der Waals surface area (Å²) >= 11 is 0. The Kier molecular flexibility index (Phi) is 6.01. The molecule has 0 bridgehead atoms. The number of aliphatic imine (C=N–C) groups is 1. The Bertz CT molecular complexity index is 1210. The Labute approximate surface area is 180 Å². The largest absolute Gasteiger partial charge is 0.493 e. The lowest BCUT2D eigenvalue weighted by Crippen LogP contribution is -2.03. The van der Waals surface area contributed by atoms with E-state index in [0.29, 0.717) is 23.1 Å². The molecule has 0 atom stereocenters. The van der Waals surface area contributed by atoms with Crippen LogP contribution in [0.3, 0.4) is 0 Å². The van der Waals surface area contributed by atoms with Crippen LogP contribution < -0.4 is 9.47 Å². The third kappa shape index (κ3) is 4.77. The van der Waals surface area contributed by atoms with Crippen LogP contribution in [0.25, 0.3) is 0 Å². The molecule has 0 amide bonds. The number of hydrogen-bond donors (Lipinski definition) is 0. The predicted octanol–water partition coefficient (Wildman–Crippen LogP) is 5.92. The highest BCUT2D eigenvalue weighted by atomic mass is 16.5. The molecule has 0 N–H and O–H groups in total. The molecule has 1 aromatic heterocycles. The van der Waals surface area contributed by atoms with E-state index in [2.05, 4.69) is 11.1 Å². The minimum atomic E-state index is 0.214. The first-order valence-corrected chi connectivity index (χ1v) is 9.69. The Morgan fingerprint density at radius 1 is 0.806 bits per heavy atom. The number of nitrogens with zero attached hydrogens (tertiary/aromatic N) is 3. The summed E-state index contributed by atoms with van der Waals surface area (Å²) in [6.45, 7) is 0. The monoisotopic (exact) mass is 405 g/mol. The molecule has 3 aromatic carbocycles. The van der Waals surface area contributed by atoms with E-state index in [-0.39, 0.29) is 5.69 Å². The summed E-state index contributed by atoms with van der Waals surface area (Å²) in [5.74, 6) is 1.97. The molecule has 1 heterocycles. The molecule has 0 aliphatic rings. The summed E-state index contributed by atoms with van der Waals surface area (Å²) < 4.78 is 11.3. The Morgan fingerprint density at radius 3 is 1.97 bits per heavy atom. The van der Waals surface area contributed by atoms with Crippen LogP contribution in [0.2, 0.25) is 0 Å². The predicted molar refractivity (Wildman–Crippen MR) is 120 cm³/mol. The fourth-order valence-electron chi connectivity index (χ4n) is 3.10. The Morgan fingerprint density at radius 2 is 1.39 bits per heavy atom. The Hall–Kier alpha value is -4.43. The van der Waals surface area contributed by atoms with Crippen LogP contribution in [-0.2, 0) is 0 Å². The third-order valence-electron chi connectivity index (χ3n) is 4.52. The van der Waals surface area contributed by atoms with Crippen molar-refractivity contribution in [3.8, 4) is 23.3 Å². The van der Waals surface area contributed by atoms with Crippen LogP contribution in [0.1, 0.15) is 16.8 Å². The summed E-state index contributed by atoms with van der Waals surface area (Å²) in [5, 5.41) is 9.48. The fourth-order valence-corrected chi connectivity index (χ4v) is 3.10. The number of pyridine rings is 1. The van der Waals surface area contributed by atoms with Gasteiger partial charge in [-0.2, -0.15) is 5.26 Å². The van der Waals surface area contributed by atoms with Crippen molar-refractivity contribution in [1.82, 2.24) is 4.98 Å². The van der Waals surface area contributed by atoms with Gasteiger partial charge in [-0.3, -0.25) is 0 Å². The molecule has 0 saturated carbocycles. The molecule has 0 radical (unpaired) electrons. The van der Waals surface area contributed by atoms with E-state index in [4.69, 9.17) is 14.5 Å². The lowest BCUT2D eigenvalue weighted by Gasteiger charge is -2.11. The molecule has 4 rings (SSSR count). The maximum absolute atomic E-state index is 9.48. The maximum atomic E-state index is 9.48. The third-order valence-corrected chi connectivity index (χ3v) is 4.52. The van der Waals surface area contributed by atoms with Crippen molar-refractivity contribution in [2.75, 3.05) is 7.11 Å². The molecule has 5 nitrogen and oxygen atoms in total. The molecule has 0 fully saturated rings. The van der Waals surface area contributed by atoms with Crippen molar-refractivity contribution < 1.29 is 9.47 Å². The molecule has 0 saturated heterocycles. The van der Waals surface area contributed by atoms with Gasteiger partial charge in [-0.15, -0.1) is 0 Å². The molecule has 0 unspecified atom stereocenters. The van der Waals surface area contributed by atoms with Crippen LogP contribution in [0.15, 0.2) is 102 Å². The summed E-state index contributed by atoms with van der Waals surface area (Å²) in [5.41, 5.74) is 2.87. The van der Waals surface area contributed by atoms with Gasteiger partial charge >= 0.3 is 0 Å². The Balaban J connectivity index is 1.80. The van der Waals surface area contributed by atoms with Crippen LogP contribution in [0.5, 0.6) is 17.2 Å². The van der Waals surface area contributed by atoms with Gasteiger partial charge in [0.2, 0.25) is 0 Å². The molecule has 0 spiro atoms. The van der Waals surface area contributed by atoms with E-state index in [9.17, 15) is 5.26 Å². The number of hydrogen-bond acceptors (Lipinski definition) is 5. The molecule has 5 heteroatoms. The number of rotatable bonds is 6. The first kappa shape index (κ1) is 19.9. The highest BCUT2D eigenvalue weighted by Crippen LogP contribution is 2.32. The molecule has 0 aliphatic carbocycles. The minimum absolute atomic E-state index is 0.214.